The van der Waals surface area contributed by atoms with Crippen LogP contribution >= 0.6 is 0 Å². The number of hydrogen-bond donors (Lipinski definition) is 0. The van der Waals surface area contributed by atoms with Gasteiger partial charge in [0, 0.05) is 25.1 Å². The van der Waals surface area contributed by atoms with Gasteiger partial charge in [0.1, 0.15) is 12.1 Å². The molecular formula is C17H25N5O. The minimum Gasteiger partial charge on any atom is -0.381 e. The number of aromatic nitrogens is 4. The highest BCUT2D eigenvalue weighted by Gasteiger charge is 2.34. The van der Waals surface area contributed by atoms with Crippen LogP contribution in [0.15, 0.2) is 12.5 Å². The summed E-state index contributed by atoms with van der Waals surface area (Å²) in [5.41, 5.74) is 0.840. The molecule has 2 aromatic rings. The Kier molecular flexibility index (Phi) is 3.52. The van der Waals surface area contributed by atoms with Gasteiger partial charge in [0.25, 0.3) is 0 Å². The molecule has 1 aliphatic heterocycles. The molecule has 0 radical (unpaired) electrons. The number of anilines is 1. The van der Waals surface area contributed by atoms with Gasteiger partial charge in [0.2, 0.25) is 0 Å². The molecule has 2 fully saturated rings. The second kappa shape index (κ2) is 5.44. The zero-order chi connectivity index (χ0) is 16.0. The summed E-state index contributed by atoms with van der Waals surface area (Å²) in [4.78, 5) is 11.6. The molecule has 1 atom stereocenters. The third-order valence-corrected chi connectivity index (χ3v) is 4.72. The first-order valence-corrected chi connectivity index (χ1v) is 8.57. The summed E-state index contributed by atoms with van der Waals surface area (Å²) >= 11 is 0. The van der Waals surface area contributed by atoms with Crippen LogP contribution in [0.25, 0.3) is 11.0 Å². The number of nitrogens with zero attached hydrogens (tertiary/aromatic N) is 5. The minimum atomic E-state index is -0.0862. The summed E-state index contributed by atoms with van der Waals surface area (Å²) in [5, 5.41) is 5.65. The van der Waals surface area contributed by atoms with Crippen LogP contribution in [0.1, 0.15) is 40.0 Å². The van der Waals surface area contributed by atoms with Crippen LogP contribution in [-0.2, 0) is 10.3 Å². The van der Waals surface area contributed by atoms with E-state index in [2.05, 4.69) is 40.7 Å². The molecular weight excluding hydrogens is 290 g/mol. The molecule has 23 heavy (non-hydrogen) atoms. The maximum absolute atomic E-state index is 5.55. The molecule has 0 aromatic carbocycles. The Morgan fingerprint density at radius 2 is 2.09 bits per heavy atom. The summed E-state index contributed by atoms with van der Waals surface area (Å²) in [6.45, 7) is 9.24. The normalized spacial score (nSPS) is 22.0. The van der Waals surface area contributed by atoms with Gasteiger partial charge < -0.3 is 9.64 Å². The number of ether oxygens (including phenoxy) is 1. The Bertz CT molecular complexity index is 695. The molecule has 4 rings (SSSR count). The topological polar surface area (TPSA) is 56.1 Å². The Hall–Kier alpha value is -1.69. The molecule has 1 saturated carbocycles. The third kappa shape index (κ3) is 2.80. The second-order valence-electron chi connectivity index (χ2n) is 7.77. The van der Waals surface area contributed by atoms with Gasteiger partial charge >= 0.3 is 0 Å². The van der Waals surface area contributed by atoms with Gasteiger partial charge in [-0.3, -0.25) is 0 Å². The highest BCUT2D eigenvalue weighted by atomic mass is 16.5. The Balaban J connectivity index is 1.72. The molecule has 0 bridgehead atoms. The van der Waals surface area contributed by atoms with E-state index in [-0.39, 0.29) is 5.54 Å². The summed E-state index contributed by atoms with van der Waals surface area (Å²) in [6, 6.07) is 0.617. The first kappa shape index (κ1) is 14.9. The van der Waals surface area contributed by atoms with E-state index in [1.165, 1.54) is 12.8 Å². The first-order chi connectivity index (χ1) is 11.0. The molecule has 2 aliphatic rings. The van der Waals surface area contributed by atoms with Gasteiger partial charge in [-0.1, -0.05) is 0 Å². The monoisotopic (exact) mass is 315 g/mol. The molecule has 6 heteroatoms. The lowest BCUT2D eigenvalue weighted by Crippen LogP contribution is -2.32. The molecule has 1 saturated heterocycles. The van der Waals surface area contributed by atoms with E-state index in [1.807, 2.05) is 10.9 Å². The number of hydrogen-bond acceptors (Lipinski definition) is 5. The van der Waals surface area contributed by atoms with E-state index >= 15 is 0 Å². The Morgan fingerprint density at radius 1 is 1.26 bits per heavy atom. The maximum Gasteiger partial charge on any atom is 0.163 e. The Labute approximate surface area is 136 Å². The van der Waals surface area contributed by atoms with Crippen molar-refractivity contribution < 1.29 is 4.74 Å². The highest BCUT2D eigenvalue weighted by Crippen LogP contribution is 2.36. The van der Waals surface area contributed by atoms with Crippen molar-refractivity contribution in [3.05, 3.63) is 12.5 Å². The lowest BCUT2D eigenvalue weighted by Gasteiger charge is -2.26. The van der Waals surface area contributed by atoms with E-state index in [4.69, 9.17) is 4.74 Å². The standard InChI is InChI=1S/C17H25N5O/c1-17(2,3)22-16-14(8-20-22)15(18-11-19-16)21(13-4-5-13)9-12-6-7-23-10-12/h8,11-13H,4-7,9-10H2,1-3H3/t12-/m1/s1. The lowest BCUT2D eigenvalue weighted by molar-refractivity contribution is 0.186. The number of fused-ring (bicyclic) bond motifs is 1. The van der Waals surface area contributed by atoms with Crippen molar-refractivity contribution >= 4 is 16.9 Å². The third-order valence-electron chi connectivity index (χ3n) is 4.72. The van der Waals surface area contributed by atoms with Crippen molar-refractivity contribution in [3.8, 4) is 0 Å². The molecule has 6 nitrogen and oxygen atoms in total. The van der Waals surface area contributed by atoms with E-state index < -0.39 is 0 Å². The summed E-state index contributed by atoms with van der Waals surface area (Å²) < 4.78 is 7.55. The summed E-state index contributed by atoms with van der Waals surface area (Å²) in [5.74, 6) is 1.65. The molecule has 0 unspecified atom stereocenters. The molecule has 3 heterocycles. The fourth-order valence-electron chi connectivity index (χ4n) is 3.35. The smallest absolute Gasteiger partial charge is 0.163 e. The van der Waals surface area contributed by atoms with Crippen LogP contribution in [0.3, 0.4) is 0 Å². The molecule has 1 aliphatic carbocycles. The second-order valence-corrected chi connectivity index (χ2v) is 7.77. The lowest BCUT2D eigenvalue weighted by atomic mass is 10.1. The van der Waals surface area contributed by atoms with E-state index in [9.17, 15) is 0 Å². The van der Waals surface area contributed by atoms with Crippen molar-refractivity contribution in [3.63, 3.8) is 0 Å². The van der Waals surface area contributed by atoms with Gasteiger partial charge in [-0.15, -0.1) is 0 Å². The Morgan fingerprint density at radius 3 is 2.74 bits per heavy atom. The van der Waals surface area contributed by atoms with Crippen LogP contribution in [0.5, 0.6) is 0 Å². The van der Waals surface area contributed by atoms with Gasteiger partial charge in [0.05, 0.1) is 23.7 Å². The molecule has 0 spiro atoms. The van der Waals surface area contributed by atoms with Crippen molar-refractivity contribution in [1.82, 2.24) is 19.7 Å². The van der Waals surface area contributed by atoms with Gasteiger partial charge in [0.15, 0.2) is 5.65 Å². The van der Waals surface area contributed by atoms with Crippen molar-refractivity contribution in [2.75, 3.05) is 24.7 Å². The molecule has 0 N–H and O–H groups in total. The highest BCUT2D eigenvalue weighted by molar-refractivity contribution is 5.87. The molecule has 2 aromatic heterocycles. The zero-order valence-corrected chi connectivity index (χ0v) is 14.2. The average Bonchev–Trinajstić information content (AvgIpc) is 3.03. The average molecular weight is 315 g/mol. The van der Waals surface area contributed by atoms with E-state index in [0.29, 0.717) is 12.0 Å². The first-order valence-electron chi connectivity index (χ1n) is 8.57. The fraction of sp³-hybridized carbons (Fsp3) is 0.706. The quantitative estimate of drug-likeness (QED) is 0.868. The van der Waals surface area contributed by atoms with Crippen LogP contribution in [-0.4, -0.2) is 45.5 Å². The molecule has 124 valence electrons. The van der Waals surface area contributed by atoms with Crippen molar-refractivity contribution in [2.45, 2.75) is 51.6 Å². The fourth-order valence-corrected chi connectivity index (χ4v) is 3.35. The van der Waals surface area contributed by atoms with Crippen LogP contribution in [0, 0.1) is 5.92 Å². The van der Waals surface area contributed by atoms with Crippen molar-refractivity contribution in [1.29, 1.82) is 0 Å². The summed E-state index contributed by atoms with van der Waals surface area (Å²) in [6.07, 6.45) is 7.27. The van der Waals surface area contributed by atoms with Crippen LogP contribution < -0.4 is 4.90 Å². The van der Waals surface area contributed by atoms with E-state index in [1.54, 1.807) is 6.33 Å². The van der Waals surface area contributed by atoms with Crippen LogP contribution in [0.2, 0.25) is 0 Å². The predicted octanol–water partition coefficient (Wildman–Crippen LogP) is 2.59. The largest absolute Gasteiger partial charge is 0.381 e. The van der Waals surface area contributed by atoms with E-state index in [0.717, 1.165) is 43.0 Å². The predicted molar refractivity (Wildman–Crippen MR) is 89.6 cm³/mol. The summed E-state index contributed by atoms with van der Waals surface area (Å²) in [7, 11) is 0. The van der Waals surface area contributed by atoms with Gasteiger partial charge in [-0.05, 0) is 40.0 Å². The molecule has 0 amide bonds. The maximum atomic E-state index is 5.55. The van der Waals surface area contributed by atoms with Gasteiger partial charge in [-0.2, -0.15) is 5.10 Å². The van der Waals surface area contributed by atoms with Crippen molar-refractivity contribution in [2.24, 2.45) is 5.92 Å². The number of rotatable bonds is 4. The minimum absolute atomic E-state index is 0.0862. The SMILES string of the molecule is CC(C)(C)n1ncc2c(N(C[C@H]3CCOC3)C3CC3)ncnc21. The van der Waals surface area contributed by atoms with Crippen LogP contribution in [0.4, 0.5) is 5.82 Å². The van der Waals surface area contributed by atoms with Gasteiger partial charge in [-0.25, -0.2) is 14.6 Å². The zero-order valence-electron chi connectivity index (χ0n) is 14.2.